The number of primary amides is 1. The largest absolute Gasteiger partial charge is 0.365 e. The first kappa shape index (κ1) is 14.3. The van der Waals surface area contributed by atoms with Gasteiger partial charge < -0.3 is 11.1 Å². The Morgan fingerprint density at radius 2 is 1.80 bits per heavy atom. The van der Waals surface area contributed by atoms with Crippen molar-refractivity contribution in [3.8, 4) is 0 Å². The summed E-state index contributed by atoms with van der Waals surface area (Å²) in [6, 6.07) is 7.30. The normalized spacial score (nSPS) is 10.3. The van der Waals surface area contributed by atoms with Crippen molar-refractivity contribution >= 4 is 28.2 Å². The number of anilines is 1. The zero-order valence-corrected chi connectivity index (χ0v) is 12.4. The van der Waals surface area contributed by atoms with Gasteiger partial charge in [0.2, 0.25) is 0 Å². The van der Waals surface area contributed by atoms with Crippen molar-refractivity contribution in [1.29, 1.82) is 0 Å². The molecule has 0 radical (unpaired) electrons. The molecule has 0 aliphatic carbocycles. The highest BCUT2D eigenvalue weighted by atomic mass is 32.1. The molecule has 0 aliphatic heterocycles. The van der Waals surface area contributed by atoms with Crippen LogP contribution < -0.4 is 11.1 Å². The monoisotopic (exact) mass is 288 g/mol. The minimum Gasteiger partial charge on any atom is -0.365 e. The molecule has 0 bridgehead atoms. The van der Waals surface area contributed by atoms with Crippen molar-refractivity contribution in [2.75, 3.05) is 5.32 Å². The van der Waals surface area contributed by atoms with Crippen LogP contribution in [0.4, 0.5) is 5.00 Å². The molecule has 1 aromatic heterocycles. The van der Waals surface area contributed by atoms with Crippen LogP contribution in [0.3, 0.4) is 0 Å². The van der Waals surface area contributed by atoms with Gasteiger partial charge in [0.1, 0.15) is 5.00 Å². The summed E-state index contributed by atoms with van der Waals surface area (Å²) >= 11 is 1.37. The molecule has 3 N–H and O–H groups in total. The predicted octanol–water partition coefficient (Wildman–Crippen LogP) is 3.02. The molecule has 0 unspecified atom stereocenters. The fourth-order valence-corrected chi connectivity index (χ4v) is 3.07. The Morgan fingerprint density at radius 3 is 2.40 bits per heavy atom. The molecule has 0 fully saturated rings. The van der Waals surface area contributed by atoms with Crippen molar-refractivity contribution in [3.05, 3.63) is 51.4 Å². The smallest absolute Gasteiger partial charge is 0.256 e. The van der Waals surface area contributed by atoms with E-state index in [1.54, 1.807) is 6.07 Å². The number of amides is 2. The quantitative estimate of drug-likeness (QED) is 0.911. The van der Waals surface area contributed by atoms with Gasteiger partial charge >= 0.3 is 0 Å². The van der Waals surface area contributed by atoms with Crippen molar-refractivity contribution in [3.63, 3.8) is 0 Å². The highest BCUT2D eigenvalue weighted by Gasteiger charge is 2.19. The van der Waals surface area contributed by atoms with Gasteiger partial charge in [-0.25, -0.2) is 0 Å². The van der Waals surface area contributed by atoms with E-state index in [1.165, 1.54) is 11.3 Å². The number of carbonyl (C=O) groups excluding carboxylic acids is 2. The summed E-state index contributed by atoms with van der Waals surface area (Å²) in [5.74, 6) is -0.751. The van der Waals surface area contributed by atoms with Crippen LogP contribution >= 0.6 is 11.3 Å². The summed E-state index contributed by atoms with van der Waals surface area (Å²) in [5, 5.41) is 3.30. The molecule has 2 rings (SSSR count). The van der Waals surface area contributed by atoms with Crippen LogP contribution in [0.15, 0.2) is 24.3 Å². The number of aryl methyl sites for hydroxylation is 2. The Kier molecular flexibility index (Phi) is 3.90. The second-order valence-electron chi connectivity index (χ2n) is 4.62. The predicted molar refractivity (Wildman–Crippen MR) is 81.4 cm³/mol. The topological polar surface area (TPSA) is 72.2 Å². The van der Waals surface area contributed by atoms with Crippen LogP contribution in [0.25, 0.3) is 0 Å². The van der Waals surface area contributed by atoms with Gasteiger partial charge in [-0.3, -0.25) is 9.59 Å². The molecule has 20 heavy (non-hydrogen) atoms. The first-order chi connectivity index (χ1) is 9.41. The lowest BCUT2D eigenvalue weighted by Gasteiger charge is -2.07. The van der Waals surface area contributed by atoms with Crippen LogP contribution in [0.1, 0.15) is 36.7 Å². The summed E-state index contributed by atoms with van der Waals surface area (Å²) in [6.07, 6.45) is 0. The molecule has 2 aromatic rings. The van der Waals surface area contributed by atoms with E-state index in [0.717, 1.165) is 16.0 Å². The Labute approximate surface area is 121 Å². The lowest BCUT2D eigenvalue weighted by atomic mass is 10.1. The van der Waals surface area contributed by atoms with Crippen LogP contribution in [0, 0.1) is 20.8 Å². The molecule has 5 heteroatoms. The van der Waals surface area contributed by atoms with Crippen molar-refractivity contribution < 1.29 is 9.59 Å². The van der Waals surface area contributed by atoms with Crippen molar-refractivity contribution in [2.45, 2.75) is 20.8 Å². The minimum atomic E-state index is -0.521. The zero-order chi connectivity index (χ0) is 14.9. The van der Waals surface area contributed by atoms with Gasteiger partial charge in [-0.1, -0.05) is 18.2 Å². The van der Waals surface area contributed by atoms with Crippen molar-refractivity contribution in [1.82, 2.24) is 0 Å². The Morgan fingerprint density at radius 1 is 1.15 bits per heavy atom. The summed E-state index contributed by atoms with van der Waals surface area (Å²) in [7, 11) is 0. The molecule has 0 atom stereocenters. The fraction of sp³-hybridized carbons (Fsp3) is 0.200. The first-order valence-corrected chi connectivity index (χ1v) is 7.00. The molecule has 1 heterocycles. The maximum absolute atomic E-state index is 12.3. The van der Waals surface area contributed by atoms with Crippen LogP contribution in [0.5, 0.6) is 0 Å². The molecule has 2 amide bonds. The second-order valence-corrected chi connectivity index (χ2v) is 5.85. The zero-order valence-electron chi connectivity index (χ0n) is 11.6. The van der Waals surface area contributed by atoms with E-state index in [2.05, 4.69) is 5.32 Å². The van der Waals surface area contributed by atoms with E-state index in [0.29, 0.717) is 16.1 Å². The molecule has 0 spiro atoms. The second kappa shape index (κ2) is 5.46. The summed E-state index contributed by atoms with van der Waals surface area (Å²) in [5.41, 5.74) is 8.08. The van der Waals surface area contributed by atoms with Crippen molar-refractivity contribution in [2.24, 2.45) is 5.73 Å². The van der Waals surface area contributed by atoms with Gasteiger partial charge in [0.05, 0.1) is 5.56 Å². The van der Waals surface area contributed by atoms with Gasteiger partial charge in [0.15, 0.2) is 0 Å². The molecule has 0 saturated carbocycles. The van der Waals surface area contributed by atoms with Gasteiger partial charge in [-0.2, -0.15) is 0 Å². The van der Waals surface area contributed by atoms with Crippen LogP contribution in [-0.4, -0.2) is 11.8 Å². The molecule has 104 valence electrons. The standard InChI is InChI=1S/C15H16N2O2S/c1-8-6-4-5-7-11(8)14(19)17-15-12(13(16)18)9(2)10(3)20-15/h4-7H,1-3H3,(H2,16,18)(H,17,19). The van der Waals surface area contributed by atoms with Gasteiger partial charge in [0.25, 0.3) is 11.8 Å². The summed E-state index contributed by atoms with van der Waals surface area (Å²) in [4.78, 5) is 24.8. The van der Waals surface area contributed by atoms with Gasteiger partial charge in [-0.15, -0.1) is 11.3 Å². The Hall–Kier alpha value is -2.14. The number of benzene rings is 1. The van der Waals surface area contributed by atoms with E-state index in [9.17, 15) is 9.59 Å². The maximum atomic E-state index is 12.3. The van der Waals surface area contributed by atoms with E-state index in [1.807, 2.05) is 39.0 Å². The Bertz CT molecular complexity index is 689. The number of hydrogen-bond donors (Lipinski definition) is 2. The van der Waals surface area contributed by atoms with Crippen LogP contribution in [0.2, 0.25) is 0 Å². The van der Waals surface area contributed by atoms with Gasteiger partial charge in [-0.05, 0) is 38.0 Å². The third-order valence-corrected chi connectivity index (χ3v) is 4.37. The van der Waals surface area contributed by atoms with E-state index in [-0.39, 0.29) is 5.91 Å². The number of thiophene rings is 1. The highest BCUT2D eigenvalue weighted by Crippen LogP contribution is 2.32. The molecule has 0 saturated heterocycles. The number of hydrogen-bond acceptors (Lipinski definition) is 3. The van der Waals surface area contributed by atoms with Gasteiger partial charge in [0, 0.05) is 10.4 Å². The highest BCUT2D eigenvalue weighted by molar-refractivity contribution is 7.16. The molecular weight excluding hydrogens is 272 g/mol. The third kappa shape index (κ3) is 2.58. The summed E-state index contributed by atoms with van der Waals surface area (Å²) < 4.78 is 0. The molecule has 4 nitrogen and oxygen atoms in total. The molecule has 1 aromatic carbocycles. The SMILES string of the molecule is Cc1ccccc1C(=O)Nc1sc(C)c(C)c1C(N)=O. The maximum Gasteiger partial charge on any atom is 0.256 e. The first-order valence-electron chi connectivity index (χ1n) is 6.18. The van der Waals surface area contributed by atoms with Crippen LogP contribution in [-0.2, 0) is 0 Å². The average molecular weight is 288 g/mol. The number of carbonyl (C=O) groups is 2. The molecular formula is C15H16N2O2S. The lowest BCUT2D eigenvalue weighted by Crippen LogP contribution is -2.18. The molecule has 0 aliphatic rings. The fourth-order valence-electron chi connectivity index (χ4n) is 2.01. The third-order valence-electron chi connectivity index (χ3n) is 3.25. The van der Waals surface area contributed by atoms with E-state index in [4.69, 9.17) is 5.73 Å². The van der Waals surface area contributed by atoms with E-state index >= 15 is 0 Å². The van der Waals surface area contributed by atoms with E-state index < -0.39 is 5.91 Å². The average Bonchev–Trinajstić information content (AvgIpc) is 2.65. The minimum absolute atomic E-state index is 0.230. The number of rotatable bonds is 3. The number of nitrogens with one attached hydrogen (secondary N) is 1. The number of nitrogens with two attached hydrogens (primary N) is 1. The Balaban J connectivity index is 2.36. The lowest BCUT2D eigenvalue weighted by molar-refractivity contribution is 0.100. The summed E-state index contributed by atoms with van der Waals surface area (Å²) in [6.45, 7) is 5.60.